The van der Waals surface area contributed by atoms with E-state index in [0.29, 0.717) is 23.9 Å². The number of rotatable bonds is 1. The fourth-order valence-electron chi connectivity index (χ4n) is 4.07. The number of aromatic nitrogens is 3. The zero-order valence-electron chi connectivity index (χ0n) is 16.5. The number of anilines is 1. The Hall–Kier alpha value is -2.32. The average Bonchev–Trinajstić information content (AvgIpc) is 2.99. The van der Waals surface area contributed by atoms with Gasteiger partial charge in [-0.2, -0.15) is 5.10 Å². The molecule has 0 saturated heterocycles. The molecule has 4 rings (SSSR count). The molecule has 1 fully saturated rings. The Bertz CT molecular complexity index is 876. The van der Waals surface area contributed by atoms with Gasteiger partial charge in [-0.3, -0.25) is 4.68 Å². The summed E-state index contributed by atoms with van der Waals surface area (Å²) in [5.74, 6) is 6.94. The lowest BCUT2D eigenvalue weighted by molar-refractivity contribution is 0.0380. The maximum Gasteiger partial charge on any atom is 0.141 e. The molecule has 0 amide bonds. The molecule has 27 heavy (non-hydrogen) atoms. The SMILES string of the molecule is C[C@@H]1Cc2c(c(C#Cc3ccc(N)nc3)nn2C2CCC(C)(C)CC2)CO1. The highest BCUT2D eigenvalue weighted by molar-refractivity contribution is 5.46. The van der Waals surface area contributed by atoms with Gasteiger partial charge in [-0.05, 0) is 56.1 Å². The van der Waals surface area contributed by atoms with Crippen LogP contribution in [0.3, 0.4) is 0 Å². The lowest BCUT2D eigenvalue weighted by atomic mass is 9.75. The number of hydrogen-bond donors (Lipinski definition) is 1. The molecule has 2 aliphatic rings. The third-order valence-electron chi connectivity index (χ3n) is 5.88. The standard InChI is InChI=1S/C22H28N4O/c1-15-12-20-18(14-27-15)19(6-4-16-5-7-21(23)24-13-16)25-26(20)17-8-10-22(2,3)11-9-17/h5,7,13,15,17H,8-12,14H2,1-3H3,(H2,23,24)/t15-/m1/s1. The lowest BCUT2D eigenvalue weighted by Gasteiger charge is -2.35. The summed E-state index contributed by atoms with van der Waals surface area (Å²) in [7, 11) is 0. The van der Waals surface area contributed by atoms with E-state index in [-0.39, 0.29) is 6.10 Å². The van der Waals surface area contributed by atoms with Gasteiger partial charge in [0, 0.05) is 29.4 Å². The predicted molar refractivity (Wildman–Crippen MR) is 106 cm³/mol. The Morgan fingerprint density at radius 3 is 2.70 bits per heavy atom. The minimum atomic E-state index is 0.232. The second-order valence-corrected chi connectivity index (χ2v) is 8.66. The third kappa shape index (κ3) is 3.86. The molecule has 3 heterocycles. The summed E-state index contributed by atoms with van der Waals surface area (Å²) < 4.78 is 8.17. The topological polar surface area (TPSA) is 66.0 Å². The molecule has 5 nitrogen and oxygen atoms in total. The van der Waals surface area contributed by atoms with E-state index in [2.05, 4.69) is 42.3 Å². The third-order valence-corrected chi connectivity index (χ3v) is 5.88. The first-order valence-corrected chi connectivity index (χ1v) is 9.87. The zero-order chi connectivity index (χ0) is 19.0. The Balaban J connectivity index is 1.66. The molecule has 1 aliphatic carbocycles. The quantitative estimate of drug-likeness (QED) is 0.780. The molecule has 2 aromatic heterocycles. The van der Waals surface area contributed by atoms with Crippen LogP contribution in [0, 0.1) is 17.3 Å². The summed E-state index contributed by atoms with van der Waals surface area (Å²) in [5, 5.41) is 4.95. The van der Waals surface area contributed by atoms with Crippen molar-refractivity contribution >= 4 is 5.82 Å². The second-order valence-electron chi connectivity index (χ2n) is 8.66. The molecule has 1 aliphatic heterocycles. The molecule has 0 bridgehead atoms. The van der Waals surface area contributed by atoms with Gasteiger partial charge in [0.1, 0.15) is 11.5 Å². The monoisotopic (exact) mass is 364 g/mol. The lowest BCUT2D eigenvalue weighted by Crippen LogP contribution is -2.27. The molecule has 0 radical (unpaired) electrons. The van der Waals surface area contributed by atoms with Gasteiger partial charge in [0.05, 0.1) is 18.8 Å². The van der Waals surface area contributed by atoms with Crippen molar-refractivity contribution in [2.75, 3.05) is 5.73 Å². The Labute approximate surface area is 161 Å². The van der Waals surface area contributed by atoms with Gasteiger partial charge in [-0.25, -0.2) is 4.98 Å². The van der Waals surface area contributed by atoms with E-state index in [1.165, 1.54) is 31.4 Å². The van der Waals surface area contributed by atoms with Crippen LogP contribution in [0.2, 0.25) is 0 Å². The van der Waals surface area contributed by atoms with Crippen molar-refractivity contribution in [3.05, 3.63) is 40.8 Å². The van der Waals surface area contributed by atoms with E-state index in [9.17, 15) is 0 Å². The first kappa shape index (κ1) is 18.1. The first-order valence-electron chi connectivity index (χ1n) is 9.87. The molecule has 0 spiro atoms. The van der Waals surface area contributed by atoms with Gasteiger partial charge in [0.2, 0.25) is 0 Å². The average molecular weight is 364 g/mol. The smallest absolute Gasteiger partial charge is 0.141 e. The van der Waals surface area contributed by atoms with E-state index in [0.717, 1.165) is 23.2 Å². The van der Waals surface area contributed by atoms with E-state index in [1.807, 2.05) is 6.07 Å². The summed E-state index contributed by atoms with van der Waals surface area (Å²) in [4.78, 5) is 4.11. The van der Waals surface area contributed by atoms with Gasteiger partial charge < -0.3 is 10.5 Å². The summed E-state index contributed by atoms with van der Waals surface area (Å²) in [5.41, 5.74) is 10.3. The van der Waals surface area contributed by atoms with Crippen molar-refractivity contribution in [1.29, 1.82) is 0 Å². The number of nitrogens with zero attached hydrogens (tertiary/aromatic N) is 3. The molecule has 142 valence electrons. The minimum absolute atomic E-state index is 0.232. The van der Waals surface area contributed by atoms with Crippen molar-refractivity contribution in [2.45, 2.75) is 71.6 Å². The van der Waals surface area contributed by atoms with Gasteiger partial charge in [-0.1, -0.05) is 19.8 Å². The van der Waals surface area contributed by atoms with E-state index < -0.39 is 0 Å². The van der Waals surface area contributed by atoms with Crippen molar-refractivity contribution in [3.63, 3.8) is 0 Å². The van der Waals surface area contributed by atoms with Crippen LogP contribution in [-0.2, 0) is 17.8 Å². The Kier molecular flexibility index (Phi) is 4.69. The van der Waals surface area contributed by atoms with E-state index >= 15 is 0 Å². The number of nitrogens with two attached hydrogens (primary N) is 1. The molecule has 5 heteroatoms. The van der Waals surface area contributed by atoms with Crippen LogP contribution in [0.5, 0.6) is 0 Å². The van der Waals surface area contributed by atoms with Crippen LogP contribution in [0.15, 0.2) is 18.3 Å². The zero-order valence-corrected chi connectivity index (χ0v) is 16.5. The Morgan fingerprint density at radius 1 is 1.22 bits per heavy atom. The molecule has 0 unspecified atom stereocenters. The van der Waals surface area contributed by atoms with Crippen molar-refractivity contribution in [2.24, 2.45) is 5.41 Å². The van der Waals surface area contributed by atoms with Crippen LogP contribution in [0.1, 0.15) is 75.0 Å². The highest BCUT2D eigenvalue weighted by Gasteiger charge is 2.32. The number of fused-ring (bicyclic) bond motifs is 1. The van der Waals surface area contributed by atoms with Crippen molar-refractivity contribution < 1.29 is 4.74 Å². The molecular weight excluding hydrogens is 336 g/mol. The van der Waals surface area contributed by atoms with Crippen LogP contribution in [-0.4, -0.2) is 20.9 Å². The van der Waals surface area contributed by atoms with Crippen LogP contribution >= 0.6 is 0 Å². The van der Waals surface area contributed by atoms with Crippen molar-refractivity contribution in [3.8, 4) is 11.8 Å². The highest BCUT2D eigenvalue weighted by atomic mass is 16.5. The molecule has 1 saturated carbocycles. The summed E-state index contributed by atoms with van der Waals surface area (Å²) in [6, 6.07) is 4.14. The van der Waals surface area contributed by atoms with Crippen LogP contribution < -0.4 is 5.73 Å². The maximum atomic E-state index is 5.90. The van der Waals surface area contributed by atoms with Crippen molar-refractivity contribution in [1.82, 2.24) is 14.8 Å². The summed E-state index contributed by atoms with van der Waals surface area (Å²) >= 11 is 0. The molecular formula is C22H28N4O. The number of hydrogen-bond acceptors (Lipinski definition) is 4. The number of nitrogen functional groups attached to an aromatic ring is 1. The molecule has 2 N–H and O–H groups in total. The maximum absolute atomic E-state index is 5.90. The van der Waals surface area contributed by atoms with Gasteiger partial charge in [0.15, 0.2) is 0 Å². The minimum Gasteiger partial charge on any atom is -0.384 e. The first-order chi connectivity index (χ1) is 12.9. The van der Waals surface area contributed by atoms with Gasteiger partial charge >= 0.3 is 0 Å². The van der Waals surface area contributed by atoms with Gasteiger partial charge in [-0.15, -0.1) is 0 Å². The molecule has 0 aromatic carbocycles. The normalized spacial score (nSPS) is 22.0. The predicted octanol–water partition coefficient (Wildman–Crippen LogP) is 3.86. The largest absolute Gasteiger partial charge is 0.384 e. The summed E-state index contributed by atoms with van der Waals surface area (Å²) in [6.07, 6.45) is 7.71. The van der Waals surface area contributed by atoms with E-state index in [1.54, 1.807) is 12.3 Å². The summed E-state index contributed by atoms with van der Waals surface area (Å²) in [6.45, 7) is 7.47. The van der Waals surface area contributed by atoms with Crippen LogP contribution in [0.25, 0.3) is 0 Å². The fourth-order valence-corrected chi connectivity index (χ4v) is 4.07. The Morgan fingerprint density at radius 2 is 2.00 bits per heavy atom. The van der Waals surface area contributed by atoms with Gasteiger partial charge in [0.25, 0.3) is 0 Å². The highest BCUT2D eigenvalue weighted by Crippen LogP contribution is 2.41. The number of ether oxygens (including phenoxy) is 1. The molecule has 1 atom stereocenters. The molecule has 2 aromatic rings. The fraction of sp³-hybridized carbons (Fsp3) is 0.545. The second kappa shape index (κ2) is 7.01. The number of pyridine rings is 1. The van der Waals surface area contributed by atoms with Crippen LogP contribution in [0.4, 0.5) is 5.82 Å². The van der Waals surface area contributed by atoms with E-state index in [4.69, 9.17) is 15.6 Å².